The summed E-state index contributed by atoms with van der Waals surface area (Å²) in [5.74, 6) is -0.918. The molecule has 0 unspecified atom stereocenters. The SMILES string of the molecule is C[C@@H](Oc1nc(C(=O)N2CCNCC2)cnc1N)c1c(Cl)ccc(F)c1Cl. The van der Waals surface area contributed by atoms with Crippen molar-refractivity contribution in [1.82, 2.24) is 20.2 Å². The summed E-state index contributed by atoms with van der Waals surface area (Å²) in [5.41, 5.74) is 6.20. The maximum Gasteiger partial charge on any atom is 0.274 e. The maximum absolute atomic E-state index is 13.8. The molecule has 1 aliphatic rings. The quantitative estimate of drug-likeness (QED) is 0.748. The van der Waals surface area contributed by atoms with Crippen molar-refractivity contribution in [3.8, 4) is 5.88 Å². The highest BCUT2D eigenvalue weighted by molar-refractivity contribution is 6.36. The first-order valence-electron chi connectivity index (χ1n) is 8.31. The van der Waals surface area contributed by atoms with Crippen LogP contribution in [0.5, 0.6) is 5.88 Å². The van der Waals surface area contributed by atoms with Crippen LogP contribution in [0.2, 0.25) is 10.0 Å². The number of hydrogen-bond donors (Lipinski definition) is 2. The normalized spacial score (nSPS) is 15.5. The number of carbonyl (C=O) groups is 1. The molecule has 3 N–H and O–H groups in total. The second-order valence-electron chi connectivity index (χ2n) is 6.00. The van der Waals surface area contributed by atoms with Gasteiger partial charge in [-0.05, 0) is 19.1 Å². The molecule has 10 heteroatoms. The predicted octanol–water partition coefficient (Wildman–Crippen LogP) is 2.69. The van der Waals surface area contributed by atoms with Crippen LogP contribution in [0.25, 0.3) is 0 Å². The molecular formula is C17H18Cl2FN5O2. The van der Waals surface area contributed by atoms with E-state index in [2.05, 4.69) is 15.3 Å². The van der Waals surface area contributed by atoms with Gasteiger partial charge in [-0.3, -0.25) is 4.79 Å². The summed E-state index contributed by atoms with van der Waals surface area (Å²) in [4.78, 5) is 22.4. The van der Waals surface area contributed by atoms with Crippen LogP contribution in [-0.4, -0.2) is 47.0 Å². The lowest BCUT2D eigenvalue weighted by Gasteiger charge is -2.27. The number of ether oxygens (including phenoxy) is 1. The molecule has 3 rings (SSSR count). The van der Waals surface area contributed by atoms with Gasteiger partial charge in [-0.15, -0.1) is 0 Å². The second kappa shape index (κ2) is 8.24. The molecule has 2 heterocycles. The molecule has 7 nitrogen and oxygen atoms in total. The number of nitrogens with one attached hydrogen (secondary N) is 1. The largest absolute Gasteiger partial charge is 0.467 e. The van der Waals surface area contributed by atoms with Gasteiger partial charge in [0.05, 0.1) is 11.2 Å². The maximum atomic E-state index is 13.8. The van der Waals surface area contributed by atoms with Gasteiger partial charge in [0.25, 0.3) is 11.8 Å². The van der Waals surface area contributed by atoms with Gasteiger partial charge in [0.15, 0.2) is 11.5 Å². The van der Waals surface area contributed by atoms with E-state index < -0.39 is 11.9 Å². The Balaban J connectivity index is 1.85. The fraction of sp³-hybridized carbons (Fsp3) is 0.353. The first kappa shape index (κ1) is 19.6. The summed E-state index contributed by atoms with van der Waals surface area (Å²) in [6.07, 6.45) is 0.543. The number of nitrogens with two attached hydrogens (primary N) is 1. The van der Waals surface area contributed by atoms with Crippen LogP contribution in [0, 0.1) is 5.82 Å². The van der Waals surface area contributed by atoms with E-state index in [9.17, 15) is 9.18 Å². The summed E-state index contributed by atoms with van der Waals surface area (Å²) >= 11 is 12.1. The van der Waals surface area contributed by atoms with Crippen molar-refractivity contribution < 1.29 is 13.9 Å². The van der Waals surface area contributed by atoms with E-state index in [0.717, 1.165) is 0 Å². The summed E-state index contributed by atoms with van der Waals surface area (Å²) in [6.45, 7) is 4.20. The molecule has 0 aliphatic carbocycles. The molecule has 2 aromatic rings. The Morgan fingerprint density at radius 2 is 2.07 bits per heavy atom. The van der Waals surface area contributed by atoms with Crippen LogP contribution in [0.4, 0.5) is 10.2 Å². The monoisotopic (exact) mass is 413 g/mol. The summed E-state index contributed by atoms with van der Waals surface area (Å²) in [5, 5.41) is 3.27. The molecule has 27 heavy (non-hydrogen) atoms. The number of rotatable bonds is 4. The standard InChI is InChI=1S/C17H18Cl2FN5O2/c1-9(13-10(18)2-3-11(20)14(13)19)27-16-15(21)23-8-12(24-16)17(26)25-6-4-22-5-7-25/h2-3,8-9,22H,4-7H2,1H3,(H2,21,23)/t9-/m1/s1. The zero-order valence-corrected chi connectivity index (χ0v) is 16.0. The van der Waals surface area contributed by atoms with E-state index in [-0.39, 0.29) is 38.9 Å². The van der Waals surface area contributed by atoms with Crippen molar-refractivity contribution in [2.45, 2.75) is 13.0 Å². The average molecular weight is 414 g/mol. The highest BCUT2D eigenvalue weighted by Crippen LogP contribution is 2.35. The molecule has 1 saturated heterocycles. The number of aromatic nitrogens is 2. The lowest BCUT2D eigenvalue weighted by molar-refractivity contribution is 0.0727. The Labute approximate surface area is 165 Å². The van der Waals surface area contributed by atoms with Crippen molar-refractivity contribution in [1.29, 1.82) is 0 Å². The third kappa shape index (κ3) is 4.23. The minimum atomic E-state index is -0.762. The molecule has 144 valence electrons. The number of nitrogens with zero attached hydrogens (tertiary/aromatic N) is 3. The van der Waals surface area contributed by atoms with Crippen molar-refractivity contribution >= 4 is 34.9 Å². The van der Waals surface area contributed by atoms with Crippen LogP contribution in [-0.2, 0) is 0 Å². The topological polar surface area (TPSA) is 93.4 Å². The van der Waals surface area contributed by atoms with Crippen LogP contribution in [0.1, 0.15) is 29.1 Å². The molecule has 1 fully saturated rings. The number of anilines is 1. The number of hydrogen-bond acceptors (Lipinski definition) is 6. The second-order valence-corrected chi connectivity index (χ2v) is 6.79. The van der Waals surface area contributed by atoms with E-state index in [1.807, 2.05) is 0 Å². The van der Waals surface area contributed by atoms with Gasteiger partial charge in [-0.25, -0.2) is 14.4 Å². The van der Waals surface area contributed by atoms with Crippen molar-refractivity contribution in [3.05, 3.63) is 45.4 Å². The summed E-state index contributed by atoms with van der Waals surface area (Å²) in [6, 6.07) is 2.55. The third-order valence-corrected chi connectivity index (χ3v) is 4.88. The van der Waals surface area contributed by atoms with E-state index in [0.29, 0.717) is 26.2 Å². The molecule has 0 saturated carbocycles. The first-order chi connectivity index (χ1) is 12.9. The molecule has 1 atom stereocenters. The number of halogens is 3. The molecule has 0 radical (unpaired) electrons. The summed E-state index contributed by atoms with van der Waals surface area (Å²) in [7, 11) is 0. The highest BCUT2D eigenvalue weighted by Gasteiger charge is 2.23. The molecule has 1 aliphatic heterocycles. The lowest BCUT2D eigenvalue weighted by atomic mass is 10.1. The van der Waals surface area contributed by atoms with E-state index in [1.165, 1.54) is 18.3 Å². The fourth-order valence-corrected chi connectivity index (χ4v) is 3.42. The molecule has 1 aromatic carbocycles. The Hall–Kier alpha value is -2.16. The number of amides is 1. The van der Waals surface area contributed by atoms with Gasteiger partial charge in [-0.1, -0.05) is 23.2 Å². The lowest BCUT2D eigenvalue weighted by Crippen LogP contribution is -2.46. The molecule has 1 aromatic heterocycles. The third-order valence-electron chi connectivity index (χ3n) is 4.16. The highest BCUT2D eigenvalue weighted by atomic mass is 35.5. The van der Waals surface area contributed by atoms with Gasteiger partial charge in [0, 0.05) is 36.8 Å². The Morgan fingerprint density at radius 3 is 2.78 bits per heavy atom. The van der Waals surface area contributed by atoms with Crippen LogP contribution < -0.4 is 15.8 Å². The number of carbonyl (C=O) groups excluding carboxylic acids is 1. The van der Waals surface area contributed by atoms with Gasteiger partial charge in [0.2, 0.25) is 0 Å². The van der Waals surface area contributed by atoms with Crippen LogP contribution >= 0.6 is 23.2 Å². The summed E-state index contributed by atoms with van der Waals surface area (Å²) < 4.78 is 19.5. The predicted molar refractivity (Wildman–Crippen MR) is 101 cm³/mol. The minimum Gasteiger partial charge on any atom is -0.467 e. The average Bonchev–Trinajstić information content (AvgIpc) is 2.67. The molecular weight excluding hydrogens is 396 g/mol. The van der Waals surface area contributed by atoms with Gasteiger partial charge in [0.1, 0.15) is 11.9 Å². The van der Waals surface area contributed by atoms with E-state index in [1.54, 1.807) is 11.8 Å². The Bertz CT molecular complexity index is 861. The van der Waals surface area contributed by atoms with Crippen LogP contribution in [0.15, 0.2) is 18.3 Å². The number of benzene rings is 1. The zero-order chi connectivity index (χ0) is 19.6. The van der Waals surface area contributed by atoms with Crippen LogP contribution in [0.3, 0.4) is 0 Å². The first-order valence-corrected chi connectivity index (χ1v) is 9.06. The van der Waals surface area contributed by atoms with Gasteiger partial charge >= 0.3 is 0 Å². The molecule has 0 spiro atoms. The Kier molecular flexibility index (Phi) is 5.98. The van der Waals surface area contributed by atoms with Crippen molar-refractivity contribution in [2.75, 3.05) is 31.9 Å². The van der Waals surface area contributed by atoms with Gasteiger partial charge in [-0.2, -0.15) is 0 Å². The molecule has 1 amide bonds. The van der Waals surface area contributed by atoms with Crippen molar-refractivity contribution in [3.63, 3.8) is 0 Å². The number of piperazine rings is 1. The Morgan fingerprint density at radius 1 is 1.37 bits per heavy atom. The number of nitrogen functional groups attached to an aromatic ring is 1. The minimum absolute atomic E-state index is 0.00218. The molecule has 0 bridgehead atoms. The zero-order valence-electron chi connectivity index (χ0n) is 14.5. The smallest absolute Gasteiger partial charge is 0.274 e. The van der Waals surface area contributed by atoms with E-state index in [4.69, 9.17) is 33.7 Å². The van der Waals surface area contributed by atoms with Gasteiger partial charge < -0.3 is 20.7 Å². The van der Waals surface area contributed by atoms with Crippen molar-refractivity contribution in [2.24, 2.45) is 0 Å². The van der Waals surface area contributed by atoms with E-state index >= 15 is 0 Å². The fourth-order valence-electron chi connectivity index (χ4n) is 2.74.